The van der Waals surface area contributed by atoms with Crippen molar-refractivity contribution in [3.63, 3.8) is 0 Å². The van der Waals surface area contributed by atoms with Crippen LogP contribution in [0.15, 0.2) is 24.3 Å². The number of morpholine rings is 1. The van der Waals surface area contributed by atoms with Crippen LogP contribution in [-0.4, -0.2) is 55.4 Å². The zero-order valence-corrected chi connectivity index (χ0v) is 18.8. The predicted octanol–water partition coefficient (Wildman–Crippen LogP) is 3.44. The van der Waals surface area contributed by atoms with Gasteiger partial charge in [-0.25, -0.2) is 9.97 Å². The maximum absolute atomic E-state index is 5.61. The second kappa shape index (κ2) is 7.85. The number of ether oxygens (including phenoxy) is 1. The van der Waals surface area contributed by atoms with Gasteiger partial charge in [-0.1, -0.05) is 38.3 Å². The van der Waals surface area contributed by atoms with E-state index in [1.807, 2.05) is 18.2 Å². The minimum Gasteiger partial charge on any atom is -0.378 e. The molecule has 1 aliphatic heterocycles. The van der Waals surface area contributed by atoms with E-state index < -0.39 is 0 Å². The number of anilines is 1. The summed E-state index contributed by atoms with van der Waals surface area (Å²) >= 11 is 0. The maximum Gasteiger partial charge on any atom is 0.239 e. The van der Waals surface area contributed by atoms with Crippen LogP contribution in [0.3, 0.4) is 0 Å². The zero-order valence-electron chi connectivity index (χ0n) is 18.8. The van der Waals surface area contributed by atoms with Crippen LogP contribution in [0.2, 0.25) is 0 Å². The van der Waals surface area contributed by atoms with Gasteiger partial charge < -0.3 is 14.2 Å². The van der Waals surface area contributed by atoms with Gasteiger partial charge in [0.05, 0.1) is 24.2 Å². The summed E-state index contributed by atoms with van der Waals surface area (Å²) < 4.78 is 9.89. The molecule has 1 aromatic carbocycles. The number of aryl methyl sites for hydroxylation is 2. The molecule has 1 aliphatic carbocycles. The number of nitrogens with zero attached hydrogens (tertiary/aromatic N) is 7. The molecular weight excluding hydrogens is 402 g/mol. The first-order valence-corrected chi connectivity index (χ1v) is 11.8. The Hall–Kier alpha value is -3.00. The summed E-state index contributed by atoms with van der Waals surface area (Å²) in [4.78, 5) is 22.4. The third-order valence-corrected chi connectivity index (χ3v) is 6.93. The highest BCUT2D eigenvalue weighted by Crippen LogP contribution is 2.32. The molecule has 0 N–H and O–H groups in total. The van der Waals surface area contributed by atoms with E-state index in [0.717, 1.165) is 71.5 Å². The summed E-state index contributed by atoms with van der Waals surface area (Å²) in [5, 5.41) is 0. The van der Waals surface area contributed by atoms with Crippen LogP contribution in [-0.2, 0) is 24.6 Å². The highest BCUT2D eigenvalue weighted by Gasteiger charge is 2.26. The molecule has 0 radical (unpaired) electrons. The second-order valence-corrected chi connectivity index (χ2v) is 8.91. The average Bonchev–Trinajstić information content (AvgIpc) is 3.34. The van der Waals surface area contributed by atoms with E-state index in [9.17, 15) is 0 Å². The van der Waals surface area contributed by atoms with Gasteiger partial charge in [0.25, 0.3) is 0 Å². The molecule has 4 heterocycles. The average molecular weight is 432 g/mol. The van der Waals surface area contributed by atoms with E-state index in [1.54, 1.807) is 0 Å². The number of rotatable bonds is 5. The number of imidazole rings is 2. The molecule has 2 fully saturated rings. The molecule has 0 spiro atoms. The van der Waals surface area contributed by atoms with Crippen molar-refractivity contribution < 1.29 is 4.74 Å². The molecule has 0 amide bonds. The van der Waals surface area contributed by atoms with Gasteiger partial charge in [-0.2, -0.15) is 9.97 Å². The van der Waals surface area contributed by atoms with E-state index in [-0.39, 0.29) is 0 Å². The van der Waals surface area contributed by atoms with Crippen molar-refractivity contribution >= 4 is 28.0 Å². The normalized spacial score (nSPS) is 17.4. The fraction of sp³-hybridized carbons (Fsp3) is 0.500. The minimum atomic E-state index is 0.669. The van der Waals surface area contributed by atoms with Crippen LogP contribution in [0.4, 0.5) is 5.82 Å². The second-order valence-electron chi connectivity index (χ2n) is 8.91. The standard InChI is InChI=1S/C24H29N7O/c1-3-19-25-17-9-4-5-10-18(17)31(19)24-27-22-21(23(28-24)30-11-13-32-14-12-30)26-20(29(22)2)15-16-7-6-8-16/h4-5,9-10,16H,3,6-8,11-15H2,1-2H3. The fourth-order valence-corrected chi connectivity index (χ4v) is 4.85. The number of hydrogen-bond donors (Lipinski definition) is 0. The molecule has 8 heteroatoms. The van der Waals surface area contributed by atoms with Crippen LogP contribution in [0.5, 0.6) is 0 Å². The molecule has 1 saturated carbocycles. The van der Waals surface area contributed by atoms with Crippen molar-refractivity contribution in [2.45, 2.75) is 39.0 Å². The quantitative estimate of drug-likeness (QED) is 0.482. The Morgan fingerprint density at radius 1 is 1.00 bits per heavy atom. The third kappa shape index (κ3) is 3.16. The Morgan fingerprint density at radius 3 is 2.56 bits per heavy atom. The summed E-state index contributed by atoms with van der Waals surface area (Å²) in [6.07, 6.45) is 5.76. The first kappa shape index (κ1) is 19.7. The van der Waals surface area contributed by atoms with Crippen LogP contribution >= 0.6 is 0 Å². The Labute approximate surface area is 187 Å². The third-order valence-electron chi connectivity index (χ3n) is 6.93. The largest absolute Gasteiger partial charge is 0.378 e. The van der Waals surface area contributed by atoms with Gasteiger partial charge >= 0.3 is 0 Å². The Bertz CT molecular complexity index is 1280. The van der Waals surface area contributed by atoms with Crippen molar-refractivity contribution in [3.8, 4) is 5.95 Å². The van der Waals surface area contributed by atoms with Gasteiger partial charge in [-0.3, -0.25) is 4.57 Å². The lowest BCUT2D eigenvalue weighted by molar-refractivity contribution is 0.122. The molecular formula is C24H29N7O. The molecule has 4 aromatic rings. The maximum atomic E-state index is 5.61. The summed E-state index contributed by atoms with van der Waals surface area (Å²) in [6, 6.07) is 8.21. The highest BCUT2D eigenvalue weighted by molar-refractivity contribution is 5.86. The monoisotopic (exact) mass is 431 g/mol. The molecule has 6 rings (SSSR count). The summed E-state index contributed by atoms with van der Waals surface area (Å²) in [7, 11) is 2.09. The van der Waals surface area contributed by atoms with E-state index in [2.05, 4.69) is 34.1 Å². The Kier molecular flexibility index (Phi) is 4.82. The Morgan fingerprint density at radius 2 is 1.81 bits per heavy atom. The lowest BCUT2D eigenvalue weighted by atomic mass is 9.83. The Balaban J connectivity index is 1.57. The van der Waals surface area contributed by atoms with Gasteiger partial charge in [0.15, 0.2) is 17.0 Å². The highest BCUT2D eigenvalue weighted by atomic mass is 16.5. The number of para-hydroxylation sites is 2. The van der Waals surface area contributed by atoms with Crippen molar-refractivity contribution in [1.29, 1.82) is 0 Å². The molecule has 32 heavy (non-hydrogen) atoms. The van der Waals surface area contributed by atoms with Crippen LogP contribution in [0, 0.1) is 5.92 Å². The van der Waals surface area contributed by atoms with Crippen molar-refractivity contribution in [1.82, 2.24) is 29.1 Å². The molecule has 1 saturated heterocycles. The number of fused-ring (bicyclic) bond motifs is 2. The fourth-order valence-electron chi connectivity index (χ4n) is 4.85. The van der Waals surface area contributed by atoms with E-state index in [0.29, 0.717) is 19.2 Å². The van der Waals surface area contributed by atoms with Gasteiger partial charge in [0, 0.05) is 33.0 Å². The van der Waals surface area contributed by atoms with Gasteiger partial charge in [-0.05, 0) is 18.1 Å². The predicted molar refractivity (Wildman–Crippen MR) is 124 cm³/mol. The van der Waals surface area contributed by atoms with E-state index in [4.69, 9.17) is 24.7 Å². The van der Waals surface area contributed by atoms with Crippen molar-refractivity contribution in [2.24, 2.45) is 13.0 Å². The molecule has 2 aliphatic rings. The van der Waals surface area contributed by atoms with Crippen molar-refractivity contribution in [2.75, 3.05) is 31.2 Å². The number of benzene rings is 1. The van der Waals surface area contributed by atoms with Crippen LogP contribution in [0.1, 0.15) is 37.8 Å². The van der Waals surface area contributed by atoms with Crippen molar-refractivity contribution in [3.05, 3.63) is 35.9 Å². The summed E-state index contributed by atoms with van der Waals surface area (Å²) in [5.74, 6) is 4.40. The zero-order chi connectivity index (χ0) is 21.7. The van der Waals surface area contributed by atoms with Gasteiger partial charge in [-0.15, -0.1) is 0 Å². The SMILES string of the molecule is CCc1nc2ccccc2n1-c1nc(N2CCOCC2)c2nc(CC3CCC3)n(C)c2n1. The van der Waals surface area contributed by atoms with Gasteiger partial charge in [0.2, 0.25) is 5.95 Å². The van der Waals surface area contributed by atoms with E-state index in [1.165, 1.54) is 19.3 Å². The molecule has 8 nitrogen and oxygen atoms in total. The minimum absolute atomic E-state index is 0.669. The molecule has 166 valence electrons. The topological polar surface area (TPSA) is 73.9 Å². The smallest absolute Gasteiger partial charge is 0.239 e. The summed E-state index contributed by atoms with van der Waals surface area (Å²) in [5.41, 5.74) is 3.80. The van der Waals surface area contributed by atoms with E-state index >= 15 is 0 Å². The summed E-state index contributed by atoms with van der Waals surface area (Å²) in [6.45, 7) is 5.16. The number of aromatic nitrogens is 6. The van der Waals surface area contributed by atoms with Gasteiger partial charge in [0.1, 0.15) is 11.6 Å². The van der Waals surface area contributed by atoms with Crippen LogP contribution in [0.25, 0.3) is 28.1 Å². The first-order chi connectivity index (χ1) is 15.7. The van der Waals surface area contributed by atoms with Crippen LogP contribution < -0.4 is 4.90 Å². The molecule has 3 aromatic heterocycles. The molecule has 0 atom stereocenters. The number of hydrogen-bond acceptors (Lipinski definition) is 6. The molecule has 0 bridgehead atoms. The lowest BCUT2D eigenvalue weighted by Crippen LogP contribution is -2.37. The lowest BCUT2D eigenvalue weighted by Gasteiger charge is -2.28. The first-order valence-electron chi connectivity index (χ1n) is 11.8. The molecule has 0 unspecified atom stereocenters.